The second kappa shape index (κ2) is 6.34. The van der Waals surface area contributed by atoms with Crippen molar-refractivity contribution in [3.05, 3.63) is 34.1 Å². The number of benzene rings is 1. The molecule has 0 aliphatic heterocycles. The zero-order valence-electron chi connectivity index (χ0n) is 10.4. The highest BCUT2D eigenvalue weighted by Crippen LogP contribution is 2.29. The highest BCUT2D eigenvalue weighted by molar-refractivity contribution is 7.99. The maximum absolute atomic E-state index is 11.8. The minimum atomic E-state index is -0.236. The van der Waals surface area contributed by atoms with Gasteiger partial charge in [0.1, 0.15) is 5.82 Å². The van der Waals surface area contributed by atoms with E-state index in [1.807, 2.05) is 0 Å². The van der Waals surface area contributed by atoms with Crippen molar-refractivity contribution in [1.82, 2.24) is 14.9 Å². The molecule has 3 N–H and O–H groups in total. The van der Waals surface area contributed by atoms with Crippen LogP contribution in [0.4, 0.5) is 5.69 Å². The molecule has 0 bridgehead atoms. The van der Waals surface area contributed by atoms with E-state index in [0.29, 0.717) is 26.7 Å². The standard InChI is InChI=1S/C11H11Cl2N5OS/c1-6-16-17-11(18(6)14)20-5-9(19)15-8-4-2-3-7(12)10(8)13/h2-4H,5,14H2,1H3,(H,15,19). The van der Waals surface area contributed by atoms with E-state index in [4.69, 9.17) is 29.0 Å². The van der Waals surface area contributed by atoms with Crippen molar-refractivity contribution in [3.8, 4) is 0 Å². The number of hydrogen-bond donors (Lipinski definition) is 2. The molecular formula is C11H11Cl2N5OS. The van der Waals surface area contributed by atoms with Crippen molar-refractivity contribution < 1.29 is 4.79 Å². The van der Waals surface area contributed by atoms with Gasteiger partial charge in [0.25, 0.3) is 0 Å². The summed E-state index contributed by atoms with van der Waals surface area (Å²) in [5.41, 5.74) is 0.468. The van der Waals surface area contributed by atoms with Gasteiger partial charge in [-0.2, -0.15) is 0 Å². The number of amides is 1. The van der Waals surface area contributed by atoms with Crippen LogP contribution >= 0.6 is 35.0 Å². The number of rotatable bonds is 4. The molecule has 2 rings (SSSR count). The topological polar surface area (TPSA) is 85.8 Å². The lowest BCUT2D eigenvalue weighted by molar-refractivity contribution is -0.113. The number of nitrogens with two attached hydrogens (primary N) is 1. The smallest absolute Gasteiger partial charge is 0.234 e. The van der Waals surface area contributed by atoms with Gasteiger partial charge >= 0.3 is 0 Å². The molecule has 1 aromatic carbocycles. The number of hydrogen-bond acceptors (Lipinski definition) is 5. The first kappa shape index (κ1) is 15.0. The van der Waals surface area contributed by atoms with Crippen molar-refractivity contribution in [2.24, 2.45) is 0 Å². The largest absolute Gasteiger partial charge is 0.336 e. The van der Waals surface area contributed by atoms with Gasteiger partial charge in [-0.1, -0.05) is 41.0 Å². The molecule has 0 aliphatic carbocycles. The van der Waals surface area contributed by atoms with Crippen molar-refractivity contribution in [2.75, 3.05) is 16.9 Å². The Morgan fingerprint density at radius 3 is 2.85 bits per heavy atom. The second-order valence-corrected chi connectivity index (χ2v) is 5.57. The molecule has 1 heterocycles. The SMILES string of the molecule is Cc1nnc(SCC(=O)Nc2cccc(Cl)c2Cl)n1N. The van der Waals surface area contributed by atoms with E-state index in [-0.39, 0.29) is 11.7 Å². The maximum atomic E-state index is 11.8. The summed E-state index contributed by atoms with van der Waals surface area (Å²) in [4.78, 5) is 11.8. The van der Waals surface area contributed by atoms with Crippen LogP contribution in [0.5, 0.6) is 0 Å². The molecule has 1 aromatic heterocycles. The molecule has 0 saturated carbocycles. The van der Waals surface area contributed by atoms with Crippen LogP contribution in [0.15, 0.2) is 23.4 Å². The fourth-order valence-electron chi connectivity index (χ4n) is 1.37. The van der Waals surface area contributed by atoms with Crippen molar-refractivity contribution >= 4 is 46.6 Å². The maximum Gasteiger partial charge on any atom is 0.234 e. The molecule has 0 spiro atoms. The Bertz CT molecular complexity index is 646. The number of aromatic nitrogens is 3. The number of nitrogen functional groups attached to an aromatic ring is 1. The number of nitrogens with zero attached hydrogens (tertiary/aromatic N) is 3. The summed E-state index contributed by atoms with van der Waals surface area (Å²) < 4.78 is 1.32. The lowest BCUT2D eigenvalue weighted by Gasteiger charge is -2.07. The van der Waals surface area contributed by atoms with Crippen molar-refractivity contribution in [3.63, 3.8) is 0 Å². The number of thioether (sulfide) groups is 1. The van der Waals surface area contributed by atoms with Crippen LogP contribution in [0.3, 0.4) is 0 Å². The number of nitrogens with one attached hydrogen (secondary N) is 1. The van der Waals surface area contributed by atoms with Crippen molar-refractivity contribution in [1.29, 1.82) is 0 Å². The molecule has 0 fully saturated rings. The Hall–Kier alpha value is -1.44. The first-order valence-corrected chi connectivity index (χ1v) is 7.27. The summed E-state index contributed by atoms with van der Waals surface area (Å²) in [5.74, 6) is 6.16. The molecule has 0 unspecified atom stereocenters. The minimum Gasteiger partial charge on any atom is -0.336 e. The minimum absolute atomic E-state index is 0.137. The summed E-state index contributed by atoms with van der Waals surface area (Å²) in [5, 5.41) is 11.5. The van der Waals surface area contributed by atoms with Gasteiger partial charge in [0.05, 0.1) is 21.5 Å². The van der Waals surface area contributed by atoms with Gasteiger partial charge in [-0.3, -0.25) is 4.79 Å². The molecule has 1 amide bonds. The molecule has 9 heteroatoms. The van der Waals surface area contributed by atoms with Gasteiger partial charge in [-0.05, 0) is 19.1 Å². The molecule has 6 nitrogen and oxygen atoms in total. The summed E-state index contributed by atoms with van der Waals surface area (Å²) >= 11 is 13.0. The Morgan fingerprint density at radius 1 is 1.45 bits per heavy atom. The third-order valence-corrected chi connectivity index (χ3v) is 4.16. The molecule has 106 valence electrons. The fraction of sp³-hybridized carbons (Fsp3) is 0.182. The van der Waals surface area contributed by atoms with Gasteiger partial charge in [-0.25, -0.2) is 4.68 Å². The van der Waals surface area contributed by atoms with E-state index in [9.17, 15) is 4.79 Å². The molecule has 0 atom stereocenters. The zero-order chi connectivity index (χ0) is 14.7. The van der Waals surface area contributed by atoms with E-state index in [0.717, 1.165) is 0 Å². The molecule has 0 saturated heterocycles. The lowest BCUT2D eigenvalue weighted by atomic mass is 10.3. The van der Waals surface area contributed by atoms with Gasteiger partial charge in [0, 0.05) is 0 Å². The molecular weight excluding hydrogens is 321 g/mol. The average molecular weight is 332 g/mol. The van der Waals surface area contributed by atoms with Crippen molar-refractivity contribution in [2.45, 2.75) is 12.1 Å². The van der Waals surface area contributed by atoms with E-state index in [1.165, 1.54) is 16.4 Å². The van der Waals surface area contributed by atoms with Gasteiger partial charge in [-0.15, -0.1) is 10.2 Å². The number of carbonyl (C=O) groups is 1. The Kier molecular flexibility index (Phi) is 4.74. The van der Waals surface area contributed by atoms with E-state index >= 15 is 0 Å². The quantitative estimate of drug-likeness (QED) is 0.663. The van der Waals surface area contributed by atoms with Gasteiger partial charge in [0.15, 0.2) is 0 Å². The van der Waals surface area contributed by atoms with E-state index < -0.39 is 0 Å². The number of aryl methyl sites for hydroxylation is 1. The Labute approximate surface area is 129 Å². The predicted molar refractivity (Wildman–Crippen MR) is 80.7 cm³/mol. The van der Waals surface area contributed by atoms with Gasteiger partial charge in [0.2, 0.25) is 11.1 Å². The molecule has 0 aliphatic rings. The number of carbonyl (C=O) groups excluding carboxylic acids is 1. The first-order chi connectivity index (χ1) is 9.49. The third-order valence-electron chi connectivity index (χ3n) is 2.39. The zero-order valence-corrected chi connectivity index (χ0v) is 12.8. The average Bonchev–Trinajstić information content (AvgIpc) is 2.73. The Morgan fingerprint density at radius 2 is 2.20 bits per heavy atom. The van der Waals surface area contributed by atoms with Crippen LogP contribution in [0.2, 0.25) is 10.0 Å². The molecule has 20 heavy (non-hydrogen) atoms. The predicted octanol–water partition coefficient (Wildman–Crippen LogP) is 2.34. The van der Waals surface area contributed by atoms with Gasteiger partial charge < -0.3 is 11.2 Å². The second-order valence-electron chi connectivity index (χ2n) is 3.84. The van der Waals surface area contributed by atoms with Crippen LogP contribution in [-0.4, -0.2) is 26.5 Å². The third kappa shape index (κ3) is 3.36. The highest BCUT2D eigenvalue weighted by atomic mass is 35.5. The summed E-state index contributed by atoms with van der Waals surface area (Å²) in [6, 6.07) is 5.02. The summed E-state index contributed by atoms with van der Waals surface area (Å²) in [7, 11) is 0. The summed E-state index contributed by atoms with van der Waals surface area (Å²) in [6.45, 7) is 1.73. The molecule has 2 aromatic rings. The Balaban J connectivity index is 1.96. The van der Waals surface area contributed by atoms with E-state index in [1.54, 1.807) is 25.1 Å². The molecule has 0 radical (unpaired) electrons. The van der Waals surface area contributed by atoms with E-state index in [2.05, 4.69) is 15.5 Å². The van der Waals surface area contributed by atoms with Crippen LogP contribution in [0.25, 0.3) is 0 Å². The van der Waals surface area contributed by atoms with Crippen LogP contribution in [-0.2, 0) is 4.79 Å². The van der Waals surface area contributed by atoms with Crippen LogP contribution in [0, 0.1) is 6.92 Å². The van der Waals surface area contributed by atoms with Crippen LogP contribution in [0.1, 0.15) is 5.82 Å². The van der Waals surface area contributed by atoms with Crippen LogP contribution < -0.4 is 11.2 Å². The monoisotopic (exact) mass is 331 g/mol. The highest BCUT2D eigenvalue weighted by Gasteiger charge is 2.11. The first-order valence-electron chi connectivity index (χ1n) is 5.53. The number of halogens is 2. The lowest BCUT2D eigenvalue weighted by Crippen LogP contribution is -2.16. The summed E-state index contributed by atoms with van der Waals surface area (Å²) in [6.07, 6.45) is 0. The normalized spacial score (nSPS) is 10.6. The number of anilines is 1. The fourth-order valence-corrected chi connectivity index (χ4v) is 2.41.